The second-order valence-electron chi connectivity index (χ2n) is 3.14. The molecule has 0 aromatic heterocycles. The third-order valence-corrected chi connectivity index (χ3v) is 1.36. The van der Waals surface area contributed by atoms with Crippen molar-refractivity contribution in [2.45, 2.75) is 20.3 Å². The quantitative estimate of drug-likeness (QED) is 0.402. The maximum atomic E-state index is 11.0. The Morgan fingerprint density at radius 2 is 1.67 bits per heavy atom. The fraction of sp³-hybridized carbons (Fsp3) is 0.444. The van der Waals surface area contributed by atoms with Crippen LogP contribution in [-0.4, -0.2) is 79.3 Å². The van der Waals surface area contributed by atoms with Crippen molar-refractivity contribution >= 4 is 69.1 Å². The van der Waals surface area contributed by atoms with Crippen LogP contribution in [0.2, 0.25) is 0 Å². The minimum absolute atomic E-state index is 0. The summed E-state index contributed by atoms with van der Waals surface area (Å²) in [6.07, 6.45) is 0.799. The second kappa shape index (κ2) is 8.17. The average Bonchev–Trinajstić information content (AvgIpc) is 1.99. The van der Waals surface area contributed by atoms with E-state index >= 15 is 0 Å². The van der Waals surface area contributed by atoms with Gasteiger partial charge in [0.15, 0.2) is 0 Å². The van der Waals surface area contributed by atoms with Gasteiger partial charge in [-0.1, -0.05) is 19.9 Å². The molecule has 2 N–H and O–H groups in total. The number of carbonyl (C=O) groups excluding carboxylic acids is 1. The zero-order valence-electron chi connectivity index (χ0n) is 7.98. The molecule has 0 aliphatic carbocycles. The van der Waals surface area contributed by atoms with Gasteiger partial charge in [0, 0.05) is 5.57 Å². The van der Waals surface area contributed by atoms with Crippen molar-refractivity contribution in [1.29, 1.82) is 0 Å². The van der Waals surface area contributed by atoms with Crippen molar-refractivity contribution in [1.82, 2.24) is 0 Å². The van der Waals surface area contributed by atoms with E-state index in [1.807, 2.05) is 0 Å². The van der Waals surface area contributed by atoms with E-state index < -0.39 is 24.1 Å². The first-order valence-electron chi connectivity index (χ1n) is 4.04. The molecule has 15 heavy (non-hydrogen) atoms. The van der Waals surface area contributed by atoms with Crippen LogP contribution in [-0.2, 0) is 14.4 Å². The number of rotatable bonds is 5. The molecule has 0 aromatic carbocycles. The molecule has 0 radical (unpaired) electrons. The summed E-state index contributed by atoms with van der Waals surface area (Å²) in [5, 5.41) is 16.8. The Morgan fingerprint density at radius 3 is 1.93 bits per heavy atom. The van der Waals surface area contributed by atoms with Crippen LogP contribution in [0.25, 0.3) is 0 Å². The molecule has 0 spiro atoms. The third kappa shape index (κ3) is 7.86. The van der Waals surface area contributed by atoms with Crippen LogP contribution in [0.5, 0.6) is 0 Å². The van der Waals surface area contributed by atoms with Gasteiger partial charge in [-0.25, -0.2) is 4.79 Å². The molecule has 0 aromatic rings. The predicted octanol–water partition coefficient (Wildman–Crippen LogP) is 0.0487. The van der Waals surface area contributed by atoms with Crippen LogP contribution >= 0.6 is 0 Å². The molecular weight excluding hydrogens is 227 g/mol. The fourth-order valence-corrected chi connectivity index (χ4v) is 0.918. The molecule has 0 heterocycles. The number of aliphatic carboxylic acids is 2. The van der Waals surface area contributed by atoms with Crippen molar-refractivity contribution in [3.63, 3.8) is 0 Å². The maximum absolute atomic E-state index is 11.0. The summed E-state index contributed by atoms with van der Waals surface area (Å²) < 4.78 is 0. The second-order valence-corrected chi connectivity index (χ2v) is 3.14. The summed E-state index contributed by atoms with van der Waals surface area (Å²) in [5.41, 5.74) is -0.181. The Morgan fingerprint density at radius 1 is 1.20 bits per heavy atom. The summed E-state index contributed by atoms with van der Waals surface area (Å²) >= 11 is 0. The zero-order chi connectivity index (χ0) is 11.3. The molecule has 0 rings (SSSR count). The molecule has 80 valence electrons. The molecule has 0 bridgehead atoms. The third-order valence-electron chi connectivity index (χ3n) is 1.36. The number of carboxylic acid groups (broad SMARTS) is 2. The van der Waals surface area contributed by atoms with Crippen LogP contribution in [0.3, 0.4) is 0 Å². The van der Waals surface area contributed by atoms with Crippen LogP contribution in [0.1, 0.15) is 20.3 Å². The van der Waals surface area contributed by atoms with Crippen LogP contribution < -0.4 is 0 Å². The molecule has 5 nitrogen and oxygen atoms in total. The molecular formula is C9H13KO5. The molecule has 0 amide bonds. The Hall–Kier alpha value is -0.0136. The number of carboxylic acids is 2. The number of hydrogen-bond donors (Lipinski definition) is 2. The molecule has 0 saturated carbocycles. The van der Waals surface area contributed by atoms with Gasteiger partial charge < -0.3 is 10.2 Å². The molecule has 0 aliphatic rings. The molecule has 0 atom stereocenters. The fourth-order valence-electron chi connectivity index (χ4n) is 0.918. The van der Waals surface area contributed by atoms with Crippen molar-refractivity contribution in [2.24, 2.45) is 5.92 Å². The molecule has 6 heteroatoms. The van der Waals surface area contributed by atoms with Crippen LogP contribution in [0.4, 0.5) is 0 Å². The normalized spacial score (nSPS) is 10.7. The van der Waals surface area contributed by atoms with Crippen molar-refractivity contribution in [3.05, 3.63) is 11.6 Å². The summed E-state index contributed by atoms with van der Waals surface area (Å²) in [7, 11) is 0. The van der Waals surface area contributed by atoms with Gasteiger partial charge in [-0.05, 0) is 5.92 Å². The molecule has 0 fully saturated rings. The van der Waals surface area contributed by atoms with E-state index in [2.05, 4.69) is 0 Å². The molecule has 0 unspecified atom stereocenters. The van der Waals surface area contributed by atoms with E-state index in [1.54, 1.807) is 13.8 Å². The standard InChI is InChI=1S/C9H12O5.K.H/c1-5(2)3-6(4-7(10)11)8(12)9(13)14;;/h3,5H,4H2,1-2H3,(H,10,11)(H,13,14);;. The van der Waals surface area contributed by atoms with Gasteiger partial charge in [-0.3, -0.25) is 9.59 Å². The van der Waals surface area contributed by atoms with Gasteiger partial charge in [0.1, 0.15) is 0 Å². The zero-order valence-corrected chi connectivity index (χ0v) is 7.98. The molecule has 0 aliphatic heterocycles. The Balaban J connectivity index is 0. The average molecular weight is 240 g/mol. The number of carbonyl (C=O) groups is 3. The summed E-state index contributed by atoms with van der Waals surface area (Å²) in [4.78, 5) is 31.6. The van der Waals surface area contributed by atoms with E-state index in [0.29, 0.717) is 0 Å². The number of ketones is 1. The first-order valence-corrected chi connectivity index (χ1v) is 4.04. The van der Waals surface area contributed by atoms with E-state index in [-0.39, 0.29) is 62.9 Å². The molecule has 0 saturated heterocycles. The minimum atomic E-state index is -1.63. The summed E-state index contributed by atoms with van der Waals surface area (Å²) in [6.45, 7) is 3.47. The van der Waals surface area contributed by atoms with Crippen molar-refractivity contribution < 1.29 is 24.6 Å². The van der Waals surface area contributed by atoms with Gasteiger partial charge in [-0.15, -0.1) is 0 Å². The first kappa shape index (κ1) is 17.4. The monoisotopic (exact) mass is 240 g/mol. The summed E-state index contributed by atoms with van der Waals surface area (Å²) in [5.74, 6) is -4.06. The van der Waals surface area contributed by atoms with Gasteiger partial charge in [0.2, 0.25) is 0 Å². The van der Waals surface area contributed by atoms with Crippen molar-refractivity contribution in [3.8, 4) is 0 Å². The Labute approximate surface area is 130 Å². The van der Waals surface area contributed by atoms with Crippen LogP contribution in [0, 0.1) is 5.92 Å². The van der Waals surface area contributed by atoms with Gasteiger partial charge in [0.25, 0.3) is 5.78 Å². The Bertz CT molecular complexity index is 293. The van der Waals surface area contributed by atoms with Gasteiger partial charge >= 0.3 is 63.3 Å². The van der Waals surface area contributed by atoms with E-state index in [0.717, 1.165) is 0 Å². The van der Waals surface area contributed by atoms with E-state index in [9.17, 15) is 14.4 Å². The topological polar surface area (TPSA) is 91.7 Å². The number of Topliss-reactive ketones (excluding diaryl/α,β-unsaturated/α-hetero) is 1. The number of hydrogen-bond acceptors (Lipinski definition) is 3. The van der Waals surface area contributed by atoms with Gasteiger partial charge in [0.05, 0.1) is 6.42 Å². The first-order chi connectivity index (χ1) is 6.34. The van der Waals surface area contributed by atoms with E-state index in [4.69, 9.17) is 10.2 Å². The van der Waals surface area contributed by atoms with Gasteiger partial charge in [-0.2, -0.15) is 0 Å². The van der Waals surface area contributed by atoms with Crippen LogP contribution in [0.15, 0.2) is 11.6 Å². The summed E-state index contributed by atoms with van der Waals surface area (Å²) in [6, 6.07) is 0. The number of allylic oxidation sites excluding steroid dienone is 1. The predicted molar refractivity (Wildman–Crippen MR) is 55.0 cm³/mol. The van der Waals surface area contributed by atoms with E-state index in [1.165, 1.54) is 6.08 Å². The van der Waals surface area contributed by atoms with Crippen molar-refractivity contribution in [2.75, 3.05) is 0 Å². The SMILES string of the molecule is CC(C)C=C(CC(=O)O)C(=O)C(=O)O.[KH]. The Kier molecular flexibility index (Phi) is 9.47.